The number of hydrogen-bond donors (Lipinski definition) is 0. The highest BCUT2D eigenvalue weighted by Gasteiger charge is 2.35. The maximum atomic E-state index is 13.2. The number of ether oxygens (including phenoxy) is 1. The van der Waals surface area contributed by atoms with Gasteiger partial charge in [-0.05, 0) is 50.1 Å². The Bertz CT molecular complexity index is 1130. The molecular weight excluding hydrogens is 450 g/mol. The van der Waals surface area contributed by atoms with Crippen LogP contribution >= 0.6 is 11.6 Å². The molecule has 1 aliphatic rings. The van der Waals surface area contributed by atoms with Crippen LogP contribution in [0.1, 0.15) is 19.8 Å². The van der Waals surface area contributed by atoms with Gasteiger partial charge in [-0.1, -0.05) is 29.8 Å². The van der Waals surface area contributed by atoms with Crippen molar-refractivity contribution in [1.29, 1.82) is 0 Å². The quantitative estimate of drug-likeness (QED) is 0.600. The lowest BCUT2D eigenvalue weighted by molar-refractivity contribution is -0.149. The Labute approximate surface area is 181 Å². The zero-order valence-electron chi connectivity index (χ0n) is 16.3. The molecule has 0 radical (unpaired) electrons. The molecule has 1 atom stereocenters. The van der Waals surface area contributed by atoms with E-state index in [0.29, 0.717) is 12.8 Å². The molecule has 2 aromatic rings. The van der Waals surface area contributed by atoms with Crippen LogP contribution < -0.4 is 0 Å². The molecule has 0 bridgehead atoms. The van der Waals surface area contributed by atoms with Gasteiger partial charge in [-0.2, -0.15) is 4.31 Å². The third-order valence-corrected chi connectivity index (χ3v) is 9.00. The monoisotopic (exact) mass is 471 g/mol. The van der Waals surface area contributed by atoms with Crippen molar-refractivity contribution in [2.24, 2.45) is 5.92 Å². The van der Waals surface area contributed by atoms with Gasteiger partial charge in [0.25, 0.3) is 0 Å². The number of esters is 1. The predicted molar refractivity (Wildman–Crippen MR) is 111 cm³/mol. The van der Waals surface area contributed by atoms with Crippen molar-refractivity contribution in [1.82, 2.24) is 4.31 Å². The highest BCUT2D eigenvalue weighted by Crippen LogP contribution is 2.32. The molecule has 1 fully saturated rings. The number of halogens is 1. The first-order valence-corrected chi connectivity index (χ1v) is 12.7. The van der Waals surface area contributed by atoms with Gasteiger partial charge in [0.05, 0.1) is 27.3 Å². The van der Waals surface area contributed by atoms with E-state index in [1.807, 2.05) is 0 Å². The van der Waals surface area contributed by atoms with Gasteiger partial charge in [-0.3, -0.25) is 4.79 Å². The minimum atomic E-state index is -4.11. The van der Waals surface area contributed by atoms with E-state index in [9.17, 15) is 21.6 Å². The van der Waals surface area contributed by atoms with Crippen molar-refractivity contribution in [2.45, 2.75) is 34.5 Å². The molecule has 1 saturated heterocycles. The maximum Gasteiger partial charge on any atom is 0.310 e. The number of carbonyl (C=O) groups excluding carboxylic acids is 1. The number of hydrogen-bond acceptors (Lipinski definition) is 6. The van der Waals surface area contributed by atoms with Gasteiger partial charge < -0.3 is 4.74 Å². The van der Waals surface area contributed by atoms with Crippen molar-refractivity contribution < 1.29 is 26.4 Å². The molecule has 3 rings (SSSR count). The molecule has 2 aromatic carbocycles. The van der Waals surface area contributed by atoms with Crippen LogP contribution in [0.3, 0.4) is 0 Å². The Kier molecular flexibility index (Phi) is 6.86. The SMILES string of the molecule is CCOC(=O)C1CCCN(S(=O)(=O)c2cc(S(=O)(=O)c3ccccc3)ccc2Cl)C1. The van der Waals surface area contributed by atoms with Gasteiger partial charge in [0.15, 0.2) is 0 Å². The second kappa shape index (κ2) is 9.05. The first-order valence-electron chi connectivity index (χ1n) is 9.44. The zero-order chi connectivity index (χ0) is 21.9. The number of sulfonamides is 1. The molecule has 0 aromatic heterocycles. The third-order valence-electron chi connectivity index (χ3n) is 4.89. The van der Waals surface area contributed by atoms with Crippen LogP contribution in [0, 0.1) is 5.92 Å². The average Bonchev–Trinajstić information content (AvgIpc) is 2.74. The van der Waals surface area contributed by atoms with E-state index in [1.165, 1.54) is 24.3 Å². The topological polar surface area (TPSA) is 97.8 Å². The van der Waals surface area contributed by atoms with Gasteiger partial charge in [0, 0.05) is 13.1 Å². The first-order chi connectivity index (χ1) is 14.2. The second-order valence-corrected chi connectivity index (χ2v) is 11.1. The smallest absolute Gasteiger partial charge is 0.310 e. The molecule has 0 aliphatic carbocycles. The minimum Gasteiger partial charge on any atom is -0.466 e. The highest BCUT2D eigenvalue weighted by molar-refractivity contribution is 7.91. The summed E-state index contributed by atoms with van der Waals surface area (Å²) in [5, 5.41) is -0.0831. The van der Waals surface area contributed by atoms with Gasteiger partial charge >= 0.3 is 5.97 Å². The molecule has 0 amide bonds. The number of piperidine rings is 1. The maximum absolute atomic E-state index is 13.2. The van der Waals surface area contributed by atoms with E-state index in [4.69, 9.17) is 16.3 Å². The van der Waals surface area contributed by atoms with Gasteiger partial charge in [-0.15, -0.1) is 0 Å². The zero-order valence-corrected chi connectivity index (χ0v) is 18.7. The summed E-state index contributed by atoms with van der Waals surface area (Å²) in [6.45, 7) is 2.08. The third kappa shape index (κ3) is 4.54. The normalized spacial score (nSPS) is 18.1. The van der Waals surface area contributed by atoms with Gasteiger partial charge in [0.2, 0.25) is 19.9 Å². The van der Waals surface area contributed by atoms with Crippen molar-refractivity contribution in [2.75, 3.05) is 19.7 Å². The number of nitrogens with zero attached hydrogens (tertiary/aromatic N) is 1. The van der Waals surface area contributed by atoms with Crippen molar-refractivity contribution in [3.05, 3.63) is 53.6 Å². The number of benzene rings is 2. The Morgan fingerprint density at radius 3 is 2.47 bits per heavy atom. The summed E-state index contributed by atoms with van der Waals surface area (Å²) in [5.74, 6) is -1.01. The Morgan fingerprint density at radius 2 is 1.80 bits per heavy atom. The Morgan fingerprint density at radius 1 is 1.10 bits per heavy atom. The van der Waals surface area contributed by atoms with Crippen LogP contribution in [0.25, 0.3) is 0 Å². The lowest BCUT2D eigenvalue weighted by atomic mass is 10.0. The van der Waals surface area contributed by atoms with E-state index in [-0.39, 0.29) is 39.4 Å². The van der Waals surface area contributed by atoms with Crippen LogP contribution in [-0.2, 0) is 29.4 Å². The minimum absolute atomic E-state index is 0.0346. The molecule has 10 heteroatoms. The molecule has 0 spiro atoms. The van der Waals surface area contributed by atoms with Crippen LogP contribution in [0.5, 0.6) is 0 Å². The summed E-state index contributed by atoms with van der Waals surface area (Å²) < 4.78 is 58.5. The average molecular weight is 472 g/mol. The fourth-order valence-electron chi connectivity index (χ4n) is 3.34. The summed E-state index contributed by atoms with van der Waals surface area (Å²) in [5.41, 5.74) is 0. The molecule has 0 saturated carbocycles. The molecule has 1 unspecified atom stereocenters. The summed E-state index contributed by atoms with van der Waals surface area (Å²) in [4.78, 5) is 11.6. The van der Waals surface area contributed by atoms with Crippen molar-refractivity contribution in [3.8, 4) is 0 Å². The van der Waals surface area contributed by atoms with Crippen LogP contribution in [0.15, 0.2) is 63.2 Å². The Hall–Kier alpha value is -1.94. The summed E-state index contributed by atoms with van der Waals surface area (Å²) >= 11 is 6.15. The fraction of sp³-hybridized carbons (Fsp3) is 0.350. The van der Waals surface area contributed by atoms with E-state index < -0.39 is 31.7 Å². The Balaban J connectivity index is 1.97. The lowest BCUT2D eigenvalue weighted by Crippen LogP contribution is -2.42. The van der Waals surface area contributed by atoms with E-state index in [1.54, 1.807) is 25.1 Å². The molecule has 1 aliphatic heterocycles. The number of carbonyl (C=O) groups is 1. The van der Waals surface area contributed by atoms with Crippen molar-refractivity contribution >= 4 is 37.4 Å². The van der Waals surface area contributed by atoms with Gasteiger partial charge in [-0.25, -0.2) is 16.8 Å². The largest absolute Gasteiger partial charge is 0.466 e. The van der Waals surface area contributed by atoms with E-state index in [0.717, 1.165) is 10.4 Å². The number of sulfone groups is 1. The molecule has 1 heterocycles. The van der Waals surface area contributed by atoms with E-state index >= 15 is 0 Å². The molecule has 162 valence electrons. The fourth-order valence-corrected chi connectivity index (χ4v) is 6.74. The number of rotatable bonds is 6. The molecule has 7 nitrogen and oxygen atoms in total. The predicted octanol–water partition coefficient (Wildman–Crippen LogP) is 3.14. The van der Waals surface area contributed by atoms with Crippen LogP contribution in [-0.4, -0.2) is 46.8 Å². The highest BCUT2D eigenvalue weighted by atomic mass is 35.5. The van der Waals surface area contributed by atoms with Crippen LogP contribution in [0.2, 0.25) is 5.02 Å². The van der Waals surface area contributed by atoms with Crippen LogP contribution in [0.4, 0.5) is 0 Å². The summed E-state index contributed by atoms with van der Waals surface area (Å²) in [7, 11) is -8.03. The van der Waals surface area contributed by atoms with Crippen molar-refractivity contribution in [3.63, 3.8) is 0 Å². The standard InChI is InChI=1S/C20H22ClNO6S2/c1-2-28-20(23)15-7-6-12-22(14-15)30(26,27)19-13-17(10-11-18(19)21)29(24,25)16-8-4-3-5-9-16/h3-5,8-11,13,15H,2,6-7,12,14H2,1H3. The van der Waals surface area contributed by atoms with E-state index in [2.05, 4.69) is 0 Å². The summed E-state index contributed by atoms with van der Waals surface area (Å²) in [6, 6.07) is 11.4. The van der Waals surface area contributed by atoms with Gasteiger partial charge in [0.1, 0.15) is 4.90 Å². The molecule has 30 heavy (non-hydrogen) atoms. The molecule has 0 N–H and O–H groups in total. The first kappa shape index (κ1) is 22.7. The second-order valence-electron chi connectivity index (χ2n) is 6.86. The molecular formula is C20H22ClNO6S2. The summed E-state index contributed by atoms with van der Waals surface area (Å²) in [6.07, 6.45) is 1.02. The lowest BCUT2D eigenvalue weighted by Gasteiger charge is -2.31.